The molecule has 0 aliphatic heterocycles. The van der Waals surface area contributed by atoms with Crippen LogP contribution in [0.25, 0.3) is 0 Å². The lowest BCUT2D eigenvalue weighted by molar-refractivity contribution is 0.513. The zero-order valence-corrected chi connectivity index (χ0v) is 6.41. The van der Waals surface area contributed by atoms with Crippen molar-refractivity contribution in [3.05, 3.63) is 11.6 Å². The molecule has 0 atom stereocenters. The molecular weight excluding hydrogens is 127 g/mol. The zero-order valence-electron chi connectivity index (χ0n) is 6.41. The van der Waals surface area contributed by atoms with Gasteiger partial charge in [-0.1, -0.05) is 18.9 Å². The molecule has 0 amide bonds. The van der Waals surface area contributed by atoms with Crippen molar-refractivity contribution >= 4 is 0 Å². The maximum atomic E-state index is 12.1. The minimum Gasteiger partial charge on any atom is -0.246 e. The SMILES string of the molecule is FC/C1=C/CCCCCC1. The second kappa shape index (κ2) is 4.48. The van der Waals surface area contributed by atoms with Gasteiger partial charge in [0.05, 0.1) is 0 Å². The maximum absolute atomic E-state index is 12.1. The Balaban J connectivity index is 2.35. The highest BCUT2D eigenvalue weighted by Gasteiger charge is 1.99. The summed E-state index contributed by atoms with van der Waals surface area (Å²) in [5, 5.41) is 0. The molecule has 0 N–H and O–H groups in total. The van der Waals surface area contributed by atoms with Gasteiger partial charge in [-0.05, 0) is 31.3 Å². The van der Waals surface area contributed by atoms with Crippen LogP contribution in [0.1, 0.15) is 38.5 Å². The van der Waals surface area contributed by atoms with Gasteiger partial charge in [-0.15, -0.1) is 0 Å². The second-order valence-corrected chi connectivity index (χ2v) is 2.95. The Kier molecular flexibility index (Phi) is 3.48. The topological polar surface area (TPSA) is 0 Å². The Morgan fingerprint density at radius 1 is 1.20 bits per heavy atom. The average molecular weight is 142 g/mol. The van der Waals surface area contributed by atoms with Gasteiger partial charge in [0, 0.05) is 0 Å². The monoisotopic (exact) mass is 142 g/mol. The van der Waals surface area contributed by atoms with E-state index in [2.05, 4.69) is 6.08 Å². The molecule has 0 saturated heterocycles. The number of allylic oxidation sites excluding steroid dienone is 2. The first kappa shape index (κ1) is 7.77. The van der Waals surface area contributed by atoms with Crippen LogP contribution in [-0.2, 0) is 0 Å². The summed E-state index contributed by atoms with van der Waals surface area (Å²) < 4.78 is 12.1. The minimum absolute atomic E-state index is 0.222. The third-order valence-corrected chi connectivity index (χ3v) is 2.06. The number of hydrogen-bond acceptors (Lipinski definition) is 0. The molecule has 1 aliphatic carbocycles. The van der Waals surface area contributed by atoms with E-state index in [0.717, 1.165) is 18.4 Å². The molecule has 0 saturated carbocycles. The highest BCUT2D eigenvalue weighted by atomic mass is 19.1. The lowest BCUT2D eigenvalue weighted by Crippen LogP contribution is -1.91. The summed E-state index contributed by atoms with van der Waals surface area (Å²) in [6.45, 7) is -0.222. The van der Waals surface area contributed by atoms with E-state index in [1.165, 1.54) is 25.7 Å². The molecule has 1 aliphatic rings. The Labute approximate surface area is 62.1 Å². The van der Waals surface area contributed by atoms with Gasteiger partial charge in [0.25, 0.3) is 0 Å². The fraction of sp³-hybridized carbons (Fsp3) is 0.778. The highest BCUT2D eigenvalue weighted by molar-refractivity contribution is 5.02. The highest BCUT2D eigenvalue weighted by Crippen LogP contribution is 2.16. The van der Waals surface area contributed by atoms with Crippen molar-refractivity contribution in [2.24, 2.45) is 0 Å². The van der Waals surface area contributed by atoms with Crippen molar-refractivity contribution < 1.29 is 4.39 Å². The molecular formula is C9H15F. The summed E-state index contributed by atoms with van der Waals surface area (Å²) in [4.78, 5) is 0. The van der Waals surface area contributed by atoms with Gasteiger partial charge in [0.2, 0.25) is 0 Å². The minimum atomic E-state index is -0.222. The summed E-state index contributed by atoms with van der Waals surface area (Å²) in [7, 11) is 0. The molecule has 0 aromatic heterocycles. The Bertz CT molecular complexity index is 116. The number of alkyl halides is 1. The lowest BCUT2D eigenvalue weighted by Gasteiger charge is -2.07. The van der Waals surface area contributed by atoms with Crippen molar-refractivity contribution in [3.63, 3.8) is 0 Å². The first-order valence-corrected chi connectivity index (χ1v) is 4.17. The number of halogens is 1. The van der Waals surface area contributed by atoms with E-state index < -0.39 is 0 Å². The molecule has 0 nitrogen and oxygen atoms in total. The summed E-state index contributed by atoms with van der Waals surface area (Å²) in [5.41, 5.74) is 1.03. The van der Waals surface area contributed by atoms with E-state index in [-0.39, 0.29) is 6.67 Å². The van der Waals surface area contributed by atoms with Gasteiger partial charge >= 0.3 is 0 Å². The summed E-state index contributed by atoms with van der Waals surface area (Å²) >= 11 is 0. The van der Waals surface area contributed by atoms with Gasteiger partial charge < -0.3 is 0 Å². The van der Waals surface area contributed by atoms with E-state index in [0.29, 0.717) is 0 Å². The Hall–Kier alpha value is -0.330. The molecule has 0 unspecified atom stereocenters. The molecule has 0 radical (unpaired) electrons. The third kappa shape index (κ3) is 2.51. The molecule has 0 spiro atoms. The number of hydrogen-bond donors (Lipinski definition) is 0. The predicted octanol–water partition coefficient (Wildman–Crippen LogP) is 3.24. The first-order valence-electron chi connectivity index (χ1n) is 4.17. The van der Waals surface area contributed by atoms with Crippen molar-refractivity contribution in [1.82, 2.24) is 0 Å². The van der Waals surface area contributed by atoms with Crippen LogP contribution in [0.3, 0.4) is 0 Å². The molecule has 1 rings (SSSR count). The van der Waals surface area contributed by atoms with Gasteiger partial charge in [-0.2, -0.15) is 0 Å². The van der Waals surface area contributed by atoms with Gasteiger partial charge in [0.15, 0.2) is 0 Å². The quantitative estimate of drug-likeness (QED) is 0.493. The van der Waals surface area contributed by atoms with E-state index in [4.69, 9.17) is 0 Å². The normalized spacial score (nSPS) is 26.3. The van der Waals surface area contributed by atoms with E-state index in [1.807, 2.05) is 0 Å². The second-order valence-electron chi connectivity index (χ2n) is 2.95. The van der Waals surface area contributed by atoms with Crippen LogP contribution < -0.4 is 0 Å². The smallest absolute Gasteiger partial charge is 0.111 e. The van der Waals surface area contributed by atoms with E-state index >= 15 is 0 Å². The van der Waals surface area contributed by atoms with Crippen LogP contribution in [0.2, 0.25) is 0 Å². The van der Waals surface area contributed by atoms with Crippen molar-refractivity contribution in [3.8, 4) is 0 Å². The van der Waals surface area contributed by atoms with Crippen LogP contribution in [0.4, 0.5) is 4.39 Å². The van der Waals surface area contributed by atoms with Gasteiger partial charge in [-0.25, -0.2) is 4.39 Å². The van der Waals surface area contributed by atoms with Crippen LogP contribution in [0, 0.1) is 0 Å². The molecule has 0 bridgehead atoms. The third-order valence-electron chi connectivity index (χ3n) is 2.06. The van der Waals surface area contributed by atoms with Crippen LogP contribution >= 0.6 is 0 Å². The molecule has 0 aromatic carbocycles. The summed E-state index contributed by atoms with van der Waals surface area (Å²) in [5.74, 6) is 0. The predicted molar refractivity (Wildman–Crippen MR) is 41.8 cm³/mol. The fourth-order valence-electron chi connectivity index (χ4n) is 1.38. The number of rotatable bonds is 1. The van der Waals surface area contributed by atoms with Crippen LogP contribution in [0.5, 0.6) is 0 Å². The molecule has 10 heavy (non-hydrogen) atoms. The average Bonchev–Trinajstić information content (AvgIpc) is 1.87. The molecule has 1 heteroatoms. The van der Waals surface area contributed by atoms with Crippen LogP contribution in [0.15, 0.2) is 11.6 Å². The van der Waals surface area contributed by atoms with Crippen molar-refractivity contribution in [2.45, 2.75) is 38.5 Å². The molecule has 58 valence electrons. The standard InChI is InChI=1S/C9H15F/c10-8-9-6-4-2-1-3-5-7-9/h6H,1-5,7-8H2/b9-6+. The van der Waals surface area contributed by atoms with Gasteiger partial charge in [0.1, 0.15) is 6.67 Å². The summed E-state index contributed by atoms with van der Waals surface area (Å²) in [6.07, 6.45) is 9.24. The maximum Gasteiger partial charge on any atom is 0.111 e. The Morgan fingerprint density at radius 2 is 2.00 bits per heavy atom. The van der Waals surface area contributed by atoms with Crippen molar-refractivity contribution in [1.29, 1.82) is 0 Å². The van der Waals surface area contributed by atoms with E-state index in [9.17, 15) is 4.39 Å². The summed E-state index contributed by atoms with van der Waals surface area (Å²) in [6, 6.07) is 0. The first-order chi connectivity index (χ1) is 4.93. The lowest BCUT2D eigenvalue weighted by atomic mass is 10.0. The Morgan fingerprint density at radius 3 is 2.80 bits per heavy atom. The fourth-order valence-corrected chi connectivity index (χ4v) is 1.38. The van der Waals surface area contributed by atoms with E-state index in [1.54, 1.807) is 0 Å². The van der Waals surface area contributed by atoms with Crippen molar-refractivity contribution in [2.75, 3.05) is 6.67 Å². The van der Waals surface area contributed by atoms with Crippen LogP contribution in [-0.4, -0.2) is 6.67 Å². The molecule has 0 aromatic rings. The largest absolute Gasteiger partial charge is 0.246 e. The molecule has 0 heterocycles. The molecule has 0 fully saturated rings. The zero-order chi connectivity index (χ0) is 7.23. The van der Waals surface area contributed by atoms with Gasteiger partial charge in [-0.3, -0.25) is 0 Å².